The summed E-state index contributed by atoms with van der Waals surface area (Å²) < 4.78 is 7.40. The van der Waals surface area contributed by atoms with Crippen LogP contribution in [-0.2, 0) is 11.3 Å². The Balaban J connectivity index is 2.05. The summed E-state index contributed by atoms with van der Waals surface area (Å²) in [6, 6.07) is 0.642. The molecular formula is C11H19N3O. The molecule has 84 valence electrons. The summed E-state index contributed by atoms with van der Waals surface area (Å²) in [4.78, 5) is 4.47. The smallest absolute Gasteiger partial charge is 0.203 e. The van der Waals surface area contributed by atoms with E-state index >= 15 is 0 Å². The van der Waals surface area contributed by atoms with Crippen LogP contribution in [0.5, 0.6) is 0 Å². The number of aromatic nitrogens is 2. The average molecular weight is 209 g/mol. The Morgan fingerprint density at radius 3 is 3.00 bits per heavy atom. The Morgan fingerprint density at radius 1 is 1.67 bits per heavy atom. The molecule has 0 aliphatic heterocycles. The van der Waals surface area contributed by atoms with Crippen molar-refractivity contribution >= 4 is 5.95 Å². The lowest BCUT2D eigenvalue weighted by molar-refractivity contribution is 0.104. The van der Waals surface area contributed by atoms with E-state index in [-0.39, 0.29) is 6.10 Å². The Bertz CT molecular complexity index is 331. The van der Waals surface area contributed by atoms with E-state index < -0.39 is 0 Å². The van der Waals surface area contributed by atoms with Gasteiger partial charge >= 0.3 is 0 Å². The summed E-state index contributed by atoms with van der Waals surface area (Å²) in [5.74, 6) is 0.985. The van der Waals surface area contributed by atoms with Crippen molar-refractivity contribution < 1.29 is 4.74 Å². The molecule has 0 spiro atoms. The van der Waals surface area contributed by atoms with Crippen LogP contribution in [0, 0.1) is 6.92 Å². The number of anilines is 1. The second kappa shape index (κ2) is 4.23. The SMILES string of the molecule is COC(C)Cn1cc(C)nc1NC1CC1. The average Bonchev–Trinajstić information content (AvgIpc) is 2.93. The highest BCUT2D eigenvalue weighted by atomic mass is 16.5. The predicted octanol–water partition coefficient (Wildman–Crippen LogP) is 1.80. The highest BCUT2D eigenvalue weighted by Crippen LogP contribution is 2.24. The molecule has 4 heteroatoms. The van der Waals surface area contributed by atoms with Gasteiger partial charge in [0.2, 0.25) is 5.95 Å². The summed E-state index contributed by atoms with van der Waals surface area (Å²) in [5, 5.41) is 3.43. The molecule has 0 aromatic carbocycles. The fourth-order valence-corrected chi connectivity index (χ4v) is 1.56. The molecule has 1 N–H and O–H groups in total. The number of imidazole rings is 1. The van der Waals surface area contributed by atoms with Crippen LogP contribution in [0.3, 0.4) is 0 Å². The molecule has 0 bridgehead atoms. The third kappa shape index (κ3) is 2.72. The fraction of sp³-hybridized carbons (Fsp3) is 0.727. The quantitative estimate of drug-likeness (QED) is 0.803. The molecule has 4 nitrogen and oxygen atoms in total. The summed E-state index contributed by atoms with van der Waals surface area (Å²) >= 11 is 0. The van der Waals surface area contributed by atoms with Crippen LogP contribution >= 0.6 is 0 Å². The Hall–Kier alpha value is -1.03. The zero-order valence-electron chi connectivity index (χ0n) is 9.66. The van der Waals surface area contributed by atoms with Crippen molar-refractivity contribution in [3.05, 3.63) is 11.9 Å². The highest BCUT2D eigenvalue weighted by Gasteiger charge is 2.23. The van der Waals surface area contributed by atoms with Crippen LogP contribution in [-0.4, -0.2) is 28.8 Å². The van der Waals surface area contributed by atoms with Gasteiger partial charge in [0.05, 0.1) is 18.3 Å². The minimum atomic E-state index is 0.221. The minimum Gasteiger partial charge on any atom is -0.380 e. The van der Waals surface area contributed by atoms with E-state index in [2.05, 4.69) is 28.0 Å². The van der Waals surface area contributed by atoms with E-state index in [0.29, 0.717) is 6.04 Å². The molecule has 1 atom stereocenters. The molecule has 1 fully saturated rings. The number of hydrogen-bond donors (Lipinski definition) is 1. The molecule has 0 radical (unpaired) electrons. The number of rotatable bonds is 5. The second-order valence-corrected chi connectivity index (χ2v) is 4.32. The lowest BCUT2D eigenvalue weighted by Crippen LogP contribution is -2.17. The van der Waals surface area contributed by atoms with Crippen LogP contribution in [0.25, 0.3) is 0 Å². The summed E-state index contributed by atoms with van der Waals surface area (Å²) in [7, 11) is 1.74. The summed E-state index contributed by atoms with van der Waals surface area (Å²) in [6.45, 7) is 4.94. The first-order valence-electron chi connectivity index (χ1n) is 5.52. The number of nitrogens with one attached hydrogen (secondary N) is 1. The summed E-state index contributed by atoms with van der Waals surface area (Å²) in [5.41, 5.74) is 1.06. The molecule has 1 aliphatic carbocycles. The molecule has 1 heterocycles. The number of nitrogens with zero attached hydrogens (tertiary/aromatic N) is 2. The van der Waals surface area contributed by atoms with E-state index in [4.69, 9.17) is 4.74 Å². The van der Waals surface area contributed by atoms with Crippen molar-refractivity contribution in [2.75, 3.05) is 12.4 Å². The van der Waals surface area contributed by atoms with E-state index in [0.717, 1.165) is 18.2 Å². The van der Waals surface area contributed by atoms with Gasteiger partial charge in [-0.05, 0) is 26.7 Å². The normalized spacial score (nSPS) is 17.8. The van der Waals surface area contributed by atoms with Gasteiger partial charge in [0.15, 0.2) is 0 Å². The minimum absolute atomic E-state index is 0.221. The number of methoxy groups -OCH3 is 1. The fourth-order valence-electron chi connectivity index (χ4n) is 1.56. The van der Waals surface area contributed by atoms with Crippen LogP contribution < -0.4 is 5.32 Å². The standard InChI is InChI=1S/C11H19N3O/c1-8-6-14(7-9(2)15-3)11(12-8)13-10-4-5-10/h6,9-10H,4-5,7H2,1-3H3,(H,12,13). The van der Waals surface area contributed by atoms with Crippen LogP contribution in [0.1, 0.15) is 25.5 Å². The molecule has 1 unspecified atom stereocenters. The van der Waals surface area contributed by atoms with Gasteiger partial charge in [-0.25, -0.2) is 4.98 Å². The predicted molar refractivity (Wildman–Crippen MR) is 60.1 cm³/mol. The molecule has 1 aliphatic rings. The molecule has 0 amide bonds. The van der Waals surface area contributed by atoms with Crippen LogP contribution in [0.4, 0.5) is 5.95 Å². The first-order valence-corrected chi connectivity index (χ1v) is 5.52. The van der Waals surface area contributed by atoms with Gasteiger partial charge in [0.25, 0.3) is 0 Å². The Morgan fingerprint density at radius 2 is 2.40 bits per heavy atom. The Kier molecular flexibility index (Phi) is 2.95. The molecule has 0 saturated heterocycles. The molecule has 2 rings (SSSR count). The number of aryl methyl sites for hydroxylation is 1. The van der Waals surface area contributed by atoms with Gasteiger partial charge in [-0.1, -0.05) is 0 Å². The monoisotopic (exact) mass is 209 g/mol. The zero-order valence-corrected chi connectivity index (χ0v) is 9.66. The zero-order chi connectivity index (χ0) is 10.8. The maximum absolute atomic E-state index is 5.26. The van der Waals surface area contributed by atoms with Crippen molar-refractivity contribution in [2.45, 2.75) is 45.4 Å². The van der Waals surface area contributed by atoms with Crippen molar-refractivity contribution in [1.29, 1.82) is 0 Å². The summed E-state index contributed by atoms with van der Waals surface area (Å²) in [6.07, 6.45) is 4.83. The first-order chi connectivity index (χ1) is 7.19. The van der Waals surface area contributed by atoms with E-state index in [9.17, 15) is 0 Å². The topological polar surface area (TPSA) is 39.1 Å². The third-order valence-electron chi connectivity index (χ3n) is 2.66. The lowest BCUT2D eigenvalue weighted by atomic mass is 10.4. The van der Waals surface area contributed by atoms with Crippen molar-refractivity contribution in [3.63, 3.8) is 0 Å². The molecule has 1 saturated carbocycles. The third-order valence-corrected chi connectivity index (χ3v) is 2.66. The van der Waals surface area contributed by atoms with E-state index in [1.54, 1.807) is 7.11 Å². The van der Waals surface area contributed by atoms with Gasteiger partial charge in [0, 0.05) is 19.3 Å². The first kappa shape index (κ1) is 10.5. The van der Waals surface area contributed by atoms with Gasteiger partial charge < -0.3 is 14.6 Å². The highest BCUT2D eigenvalue weighted by molar-refractivity contribution is 5.32. The van der Waals surface area contributed by atoms with Crippen LogP contribution in [0.15, 0.2) is 6.20 Å². The second-order valence-electron chi connectivity index (χ2n) is 4.32. The van der Waals surface area contributed by atoms with Crippen molar-refractivity contribution in [1.82, 2.24) is 9.55 Å². The largest absolute Gasteiger partial charge is 0.380 e. The van der Waals surface area contributed by atoms with Crippen molar-refractivity contribution in [2.24, 2.45) is 0 Å². The van der Waals surface area contributed by atoms with Crippen molar-refractivity contribution in [3.8, 4) is 0 Å². The molecule has 1 aromatic rings. The molecular weight excluding hydrogens is 190 g/mol. The van der Waals surface area contributed by atoms with Gasteiger partial charge in [-0.3, -0.25) is 0 Å². The van der Waals surface area contributed by atoms with Gasteiger partial charge in [-0.2, -0.15) is 0 Å². The molecule has 15 heavy (non-hydrogen) atoms. The van der Waals surface area contributed by atoms with Gasteiger partial charge in [-0.15, -0.1) is 0 Å². The number of hydrogen-bond acceptors (Lipinski definition) is 3. The lowest BCUT2D eigenvalue weighted by Gasteiger charge is -2.13. The van der Waals surface area contributed by atoms with E-state index in [1.807, 2.05) is 6.92 Å². The number of ether oxygens (including phenoxy) is 1. The van der Waals surface area contributed by atoms with Crippen LogP contribution in [0.2, 0.25) is 0 Å². The Labute approximate surface area is 90.6 Å². The maximum atomic E-state index is 5.26. The maximum Gasteiger partial charge on any atom is 0.203 e. The van der Waals surface area contributed by atoms with E-state index in [1.165, 1.54) is 12.8 Å². The van der Waals surface area contributed by atoms with Gasteiger partial charge in [0.1, 0.15) is 0 Å². The molecule has 1 aromatic heterocycles.